The van der Waals surface area contributed by atoms with E-state index in [4.69, 9.17) is 0 Å². The third-order valence-electron chi connectivity index (χ3n) is 4.97. The van der Waals surface area contributed by atoms with E-state index in [1.54, 1.807) is 17.5 Å². The second kappa shape index (κ2) is 5.19. The van der Waals surface area contributed by atoms with Crippen molar-refractivity contribution in [2.75, 3.05) is 5.32 Å². The Morgan fingerprint density at radius 1 is 1.50 bits per heavy atom. The van der Waals surface area contributed by atoms with Crippen LogP contribution in [0.4, 0.5) is 5.82 Å². The number of carbonyl (C=O) groups is 1. The fourth-order valence-corrected chi connectivity index (χ4v) is 4.34. The van der Waals surface area contributed by atoms with Gasteiger partial charge in [-0.05, 0) is 44.4 Å². The van der Waals surface area contributed by atoms with Crippen molar-refractivity contribution < 1.29 is 4.79 Å². The number of anilines is 1. The van der Waals surface area contributed by atoms with Crippen molar-refractivity contribution in [1.82, 2.24) is 15.2 Å². The smallest absolute Gasteiger partial charge is 0.230 e. The zero-order valence-electron chi connectivity index (χ0n) is 12.7. The van der Waals surface area contributed by atoms with Crippen LogP contribution in [0.2, 0.25) is 0 Å². The molecule has 0 aliphatic heterocycles. The summed E-state index contributed by atoms with van der Waals surface area (Å²) in [6.07, 6.45) is 8.80. The van der Waals surface area contributed by atoms with Gasteiger partial charge in [-0.25, -0.2) is 4.98 Å². The molecule has 116 valence electrons. The molecule has 2 N–H and O–H groups in total. The van der Waals surface area contributed by atoms with Crippen LogP contribution >= 0.6 is 11.3 Å². The van der Waals surface area contributed by atoms with Crippen LogP contribution in [0.5, 0.6) is 0 Å². The number of hydrogen-bond acceptors (Lipinski definition) is 4. The molecule has 4 rings (SSSR count). The van der Waals surface area contributed by atoms with Gasteiger partial charge < -0.3 is 5.32 Å². The van der Waals surface area contributed by atoms with Crippen LogP contribution in [0.3, 0.4) is 0 Å². The second-order valence-electron chi connectivity index (χ2n) is 6.72. The summed E-state index contributed by atoms with van der Waals surface area (Å²) in [6, 6.07) is 2.00. The Hall–Kier alpha value is -1.69. The Morgan fingerprint density at radius 3 is 3.05 bits per heavy atom. The minimum atomic E-state index is -0.0354. The second-order valence-corrected chi connectivity index (χ2v) is 8.04. The third-order valence-corrected chi connectivity index (χ3v) is 5.88. The van der Waals surface area contributed by atoms with Crippen LogP contribution in [-0.2, 0) is 11.2 Å². The van der Waals surface area contributed by atoms with Crippen LogP contribution in [0, 0.1) is 12.3 Å². The lowest BCUT2D eigenvalue weighted by atomic mass is 10.0. The van der Waals surface area contributed by atoms with Gasteiger partial charge in [0.15, 0.2) is 5.82 Å². The molecule has 2 aromatic rings. The van der Waals surface area contributed by atoms with Crippen LogP contribution in [0.1, 0.15) is 53.6 Å². The first kappa shape index (κ1) is 13.9. The monoisotopic (exact) mass is 316 g/mol. The molecule has 1 spiro atoms. The highest BCUT2D eigenvalue weighted by atomic mass is 32.1. The molecule has 2 fully saturated rings. The van der Waals surface area contributed by atoms with Gasteiger partial charge in [-0.3, -0.25) is 9.89 Å². The molecule has 2 saturated carbocycles. The predicted octanol–water partition coefficient (Wildman–Crippen LogP) is 3.40. The summed E-state index contributed by atoms with van der Waals surface area (Å²) in [5, 5.41) is 11.2. The molecule has 1 amide bonds. The lowest BCUT2D eigenvalue weighted by Gasteiger charge is -2.06. The number of hydrogen-bond donors (Lipinski definition) is 2. The highest BCUT2D eigenvalue weighted by molar-refractivity contribution is 7.11. The van der Waals surface area contributed by atoms with Gasteiger partial charge in [0.25, 0.3) is 0 Å². The third kappa shape index (κ3) is 2.79. The molecule has 0 saturated heterocycles. The summed E-state index contributed by atoms with van der Waals surface area (Å²) in [4.78, 5) is 17.2. The number of thiazole rings is 1. The molecule has 0 radical (unpaired) electrons. The van der Waals surface area contributed by atoms with E-state index in [1.165, 1.54) is 37.8 Å². The molecule has 6 heteroatoms. The highest BCUT2D eigenvalue weighted by Crippen LogP contribution is 2.61. The average molecular weight is 316 g/mol. The molecule has 0 bridgehead atoms. The topological polar surface area (TPSA) is 70.7 Å². The number of aromatic nitrogens is 3. The number of nitrogens with one attached hydrogen (secondary N) is 2. The minimum absolute atomic E-state index is 0.0354. The highest BCUT2D eigenvalue weighted by Gasteiger charge is 2.48. The molecule has 0 aromatic carbocycles. The van der Waals surface area contributed by atoms with Gasteiger partial charge >= 0.3 is 0 Å². The zero-order valence-corrected chi connectivity index (χ0v) is 13.5. The molecule has 5 nitrogen and oxygen atoms in total. The van der Waals surface area contributed by atoms with E-state index in [9.17, 15) is 4.79 Å². The van der Waals surface area contributed by atoms with Crippen LogP contribution < -0.4 is 5.32 Å². The fraction of sp³-hybridized carbons (Fsp3) is 0.562. The summed E-state index contributed by atoms with van der Waals surface area (Å²) in [7, 11) is 0. The first-order valence-electron chi connectivity index (χ1n) is 7.88. The number of aryl methyl sites for hydroxylation is 1. The van der Waals surface area contributed by atoms with Crippen molar-refractivity contribution in [3.63, 3.8) is 0 Å². The molecule has 2 aliphatic carbocycles. The quantitative estimate of drug-likeness (QED) is 0.908. The Morgan fingerprint density at radius 2 is 2.36 bits per heavy atom. The maximum absolute atomic E-state index is 12.0. The average Bonchev–Trinajstić information content (AvgIpc) is 2.83. The summed E-state index contributed by atoms with van der Waals surface area (Å²) in [5.41, 5.74) is 1.83. The summed E-state index contributed by atoms with van der Waals surface area (Å²) in [5.74, 6) is 1.19. The maximum atomic E-state index is 12.0. The van der Waals surface area contributed by atoms with E-state index in [1.807, 2.05) is 13.0 Å². The fourth-order valence-electron chi connectivity index (χ4n) is 3.55. The van der Waals surface area contributed by atoms with E-state index in [0.717, 1.165) is 9.88 Å². The Bertz CT molecular complexity index is 701. The van der Waals surface area contributed by atoms with Gasteiger partial charge in [-0.1, -0.05) is 0 Å². The lowest BCUT2D eigenvalue weighted by molar-refractivity contribution is -0.115. The molecular weight excluding hydrogens is 296 g/mol. The van der Waals surface area contributed by atoms with Gasteiger partial charge in [-0.15, -0.1) is 11.3 Å². The molecule has 22 heavy (non-hydrogen) atoms. The van der Waals surface area contributed by atoms with E-state index < -0.39 is 0 Å². The standard InChI is InChI=1S/C16H20N4OS/c1-10-17-9-12(22-10)6-15(21)18-14-7-13(19-20-14)11-2-3-16(8-11)4-5-16/h7,9,11H,2-6,8H2,1H3,(H2,18,19,20,21)/t11-/m0/s1. The molecular formula is C16H20N4OS. The molecule has 2 aromatic heterocycles. The largest absolute Gasteiger partial charge is 0.309 e. The molecule has 0 unspecified atom stereocenters. The van der Waals surface area contributed by atoms with Crippen LogP contribution in [0.15, 0.2) is 12.3 Å². The van der Waals surface area contributed by atoms with Crippen LogP contribution in [0.25, 0.3) is 0 Å². The summed E-state index contributed by atoms with van der Waals surface area (Å²) in [6.45, 7) is 1.94. The molecule has 2 heterocycles. The van der Waals surface area contributed by atoms with E-state index >= 15 is 0 Å². The van der Waals surface area contributed by atoms with Gasteiger partial charge in [0, 0.05) is 28.8 Å². The van der Waals surface area contributed by atoms with Gasteiger partial charge in [0.2, 0.25) is 5.91 Å². The number of H-pyrrole nitrogens is 1. The number of carbonyl (C=O) groups excluding carboxylic acids is 1. The number of rotatable bonds is 4. The molecule has 2 aliphatic rings. The maximum Gasteiger partial charge on any atom is 0.230 e. The van der Waals surface area contributed by atoms with E-state index in [0.29, 0.717) is 23.6 Å². The van der Waals surface area contributed by atoms with Crippen molar-refractivity contribution in [1.29, 1.82) is 0 Å². The zero-order chi connectivity index (χ0) is 15.2. The van der Waals surface area contributed by atoms with Gasteiger partial charge in [0.05, 0.1) is 11.4 Å². The minimum Gasteiger partial charge on any atom is -0.309 e. The predicted molar refractivity (Wildman–Crippen MR) is 86.0 cm³/mol. The SMILES string of the molecule is Cc1ncc(CC(=O)Nc2cc([C@H]3CCC4(CC4)C3)[nH]n2)s1. The Kier molecular flexibility index (Phi) is 3.29. The first-order chi connectivity index (χ1) is 10.6. The van der Waals surface area contributed by atoms with Crippen molar-refractivity contribution in [3.8, 4) is 0 Å². The van der Waals surface area contributed by atoms with Crippen LogP contribution in [-0.4, -0.2) is 21.1 Å². The summed E-state index contributed by atoms with van der Waals surface area (Å²) >= 11 is 1.56. The number of aromatic amines is 1. The Labute approximate surface area is 133 Å². The summed E-state index contributed by atoms with van der Waals surface area (Å²) < 4.78 is 0. The van der Waals surface area contributed by atoms with Crippen molar-refractivity contribution in [3.05, 3.63) is 27.8 Å². The molecule has 1 atom stereocenters. The van der Waals surface area contributed by atoms with Gasteiger partial charge in [-0.2, -0.15) is 5.10 Å². The van der Waals surface area contributed by atoms with Crippen molar-refractivity contribution in [2.24, 2.45) is 5.41 Å². The van der Waals surface area contributed by atoms with E-state index in [-0.39, 0.29) is 5.91 Å². The lowest BCUT2D eigenvalue weighted by Crippen LogP contribution is -2.13. The number of amides is 1. The van der Waals surface area contributed by atoms with Crippen molar-refractivity contribution >= 4 is 23.1 Å². The van der Waals surface area contributed by atoms with Gasteiger partial charge in [0.1, 0.15) is 0 Å². The normalized spacial score (nSPS) is 22.1. The number of nitrogens with zero attached hydrogens (tertiary/aromatic N) is 2. The van der Waals surface area contributed by atoms with Crippen molar-refractivity contribution in [2.45, 2.75) is 51.4 Å². The first-order valence-corrected chi connectivity index (χ1v) is 8.70. The Balaban J connectivity index is 1.36. The van der Waals surface area contributed by atoms with E-state index in [2.05, 4.69) is 20.5 Å².